The van der Waals surface area contributed by atoms with Gasteiger partial charge in [-0.1, -0.05) is 46.5 Å². The molecule has 0 spiro atoms. The fourth-order valence-electron chi connectivity index (χ4n) is 2.45. The minimum absolute atomic E-state index is 0.328. The van der Waals surface area contributed by atoms with Crippen LogP contribution in [0.15, 0.2) is 0 Å². The van der Waals surface area contributed by atoms with Gasteiger partial charge >= 0.3 is 0 Å². The Kier molecular flexibility index (Phi) is 15.2. The second-order valence-electron chi connectivity index (χ2n) is 6.05. The lowest BCUT2D eigenvalue weighted by molar-refractivity contribution is 0.424. The van der Waals surface area contributed by atoms with E-state index >= 15 is 0 Å². The van der Waals surface area contributed by atoms with Crippen LogP contribution in [0.1, 0.15) is 72.1 Å². The highest BCUT2D eigenvalue weighted by Crippen LogP contribution is 2.09. The summed E-state index contributed by atoms with van der Waals surface area (Å²) in [5.41, 5.74) is 5.86. The molecule has 0 saturated carbocycles. The standard InChI is InChI=1S/C17H39N3/c1-4-11-16(5-2)14-19-12-9-7-8-10-13-20-15-17(18)6-3/h16-17,19-20H,4-15,18H2,1-3H3. The van der Waals surface area contributed by atoms with Gasteiger partial charge < -0.3 is 16.4 Å². The van der Waals surface area contributed by atoms with Crippen molar-refractivity contribution in [1.29, 1.82) is 0 Å². The molecule has 0 aromatic rings. The molecular formula is C17H39N3. The predicted octanol–water partition coefficient (Wildman–Crippen LogP) is 3.29. The largest absolute Gasteiger partial charge is 0.327 e. The molecule has 2 atom stereocenters. The Bertz CT molecular complexity index is 185. The highest BCUT2D eigenvalue weighted by atomic mass is 14.9. The van der Waals surface area contributed by atoms with Crippen molar-refractivity contribution in [2.45, 2.75) is 78.2 Å². The Morgan fingerprint density at radius 2 is 1.40 bits per heavy atom. The molecule has 0 rings (SSSR count). The van der Waals surface area contributed by atoms with Gasteiger partial charge in [0.25, 0.3) is 0 Å². The zero-order chi connectivity index (χ0) is 15.1. The lowest BCUT2D eigenvalue weighted by Gasteiger charge is -2.14. The second kappa shape index (κ2) is 15.3. The zero-order valence-corrected chi connectivity index (χ0v) is 14.2. The van der Waals surface area contributed by atoms with Gasteiger partial charge in [0.2, 0.25) is 0 Å². The first-order valence-electron chi connectivity index (χ1n) is 8.91. The normalized spacial score (nSPS) is 14.4. The van der Waals surface area contributed by atoms with Crippen LogP contribution in [-0.2, 0) is 0 Å². The topological polar surface area (TPSA) is 50.1 Å². The van der Waals surface area contributed by atoms with Gasteiger partial charge in [0, 0.05) is 12.6 Å². The van der Waals surface area contributed by atoms with Crippen molar-refractivity contribution in [3.63, 3.8) is 0 Å². The maximum atomic E-state index is 5.86. The molecule has 0 aromatic carbocycles. The van der Waals surface area contributed by atoms with Crippen molar-refractivity contribution < 1.29 is 0 Å². The van der Waals surface area contributed by atoms with Crippen molar-refractivity contribution >= 4 is 0 Å². The van der Waals surface area contributed by atoms with E-state index in [4.69, 9.17) is 5.73 Å². The Balaban J connectivity index is 3.16. The highest BCUT2D eigenvalue weighted by molar-refractivity contribution is 4.62. The first-order valence-corrected chi connectivity index (χ1v) is 8.91. The molecule has 0 amide bonds. The lowest BCUT2D eigenvalue weighted by atomic mass is 10.0. The van der Waals surface area contributed by atoms with Crippen molar-refractivity contribution in [2.24, 2.45) is 11.7 Å². The van der Waals surface area contributed by atoms with Crippen LogP contribution in [0, 0.1) is 5.92 Å². The van der Waals surface area contributed by atoms with E-state index in [2.05, 4.69) is 31.4 Å². The van der Waals surface area contributed by atoms with Gasteiger partial charge in [0.05, 0.1) is 0 Å². The smallest absolute Gasteiger partial charge is 0.0162 e. The third-order valence-corrected chi connectivity index (χ3v) is 4.10. The molecule has 0 aliphatic heterocycles. The fourth-order valence-corrected chi connectivity index (χ4v) is 2.45. The third kappa shape index (κ3) is 12.9. The van der Waals surface area contributed by atoms with Gasteiger partial charge in [-0.05, 0) is 51.2 Å². The van der Waals surface area contributed by atoms with Gasteiger partial charge in [0.15, 0.2) is 0 Å². The summed E-state index contributed by atoms with van der Waals surface area (Å²) >= 11 is 0. The van der Waals surface area contributed by atoms with Crippen LogP contribution >= 0.6 is 0 Å². The number of hydrogen-bond acceptors (Lipinski definition) is 3. The number of rotatable bonds is 15. The molecule has 0 aliphatic carbocycles. The summed E-state index contributed by atoms with van der Waals surface area (Å²) in [5.74, 6) is 0.881. The van der Waals surface area contributed by atoms with Crippen LogP contribution in [-0.4, -0.2) is 32.2 Å². The predicted molar refractivity (Wildman–Crippen MR) is 91.2 cm³/mol. The van der Waals surface area contributed by atoms with Gasteiger partial charge in [-0.2, -0.15) is 0 Å². The maximum Gasteiger partial charge on any atom is 0.0162 e. The summed E-state index contributed by atoms with van der Waals surface area (Å²) in [5, 5.41) is 7.05. The number of unbranched alkanes of at least 4 members (excludes halogenated alkanes) is 3. The molecule has 0 aliphatic rings. The van der Waals surface area contributed by atoms with Crippen LogP contribution in [0.5, 0.6) is 0 Å². The maximum absolute atomic E-state index is 5.86. The molecule has 0 radical (unpaired) electrons. The molecule has 122 valence electrons. The highest BCUT2D eigenvalue weighted by Gasteiger charge is 2.03. The summed E-state index contributed by atoms with van der Waals surface area (Å²) in [7, 11) is 0. The van der Waals surface area contributed by atoms with Crippen LogP contribution in [0.4, 0.5) is 0 Å². The summed E-state index contributed by atoms with van der Waals surface area (Å²) in [6.07, 6.45) is 10.3. The van der Waals surface area contributed by atoms with Gasteiger partial charge in [-0.3, -0.25) is 0 Å². The van der Waals surface area contributed by atoms with E-state index in [0.717, 1.165) is 25.4 Å². The van der Waals surface area contributed by atoms with Crippen LogP contribution < -0.4 is 16.4 Å². The van der Waals surface area contributed by atoms with Crippen molar-refractivity contribution in [3.05, 3.63) is 0 Å². The average molecular weight is 286 g/mol. The van der Waals surface area contributed by atoms with E-state index in [1.54, 1.807) is 0 Å². The van der Waals surface area contributed by atoms with Gasteiger partial charge in [-0.15, -0.1) is 0 Å². The van der Waals surface area contributed by atoms with Crippen LogP contribution in [0.2, 0.25) is 0 Å². The molecule has 3 heteroatoms. The van der Waals surface area contributed by atoms with E-state index < -0.39 is 0 Å². The van der Waals surface area contributed by atoms with Crippen LogP contribution in [0.3, 0.4) is 0 Å². The van der Waals surface area contributed by atoms with Gasteiger partial charge in [-0.25, -0.2) is 0 Å². The summed E-state index contributed by atoms with van der Waals surface area (Å²) < 4.78 is 0. The first kappa shape index (κ1) is 19.9. The van der Waals surface area contributed by atoms with E-state index in [1.807, 2.05) is 0 Å². The van der Waals surface area contributed by atoms with E-state index in [0.29, 0.717) is 6.04 Å². The second-order valence-corrected chi connectivity index (χ2v) is 6.05. The van der Waals surface area contributed by atoms with E-state index in [-0.39, 0.29) is 0 Å². The van der Waals surface area contributed by atoms with Crippen molar-refractivity contribution in [1.82, 2.24) is 10.6 Å². The van der Waals surface area contributed by atoms with Crippen molar-refractivity contribution in [2.75, 3.05) is 26.2 Å². The molecule has 0 fully saturated rings. The van der Waals surface area contributed by atoms with Crippen LogP contribution in [0.25, 0.3) is 0 Å². The minimum atomic E-state index is 0.328. The molecule has 0 bridgehead atoms. The SMILES string of the molecule is CCCC(CC)CNCCCCCCNCC(N)CC. The van der Waals surface area contributed by atoms with E-state index in [9.17, 15) is 0 Å². The number of nitrogens with two attached hydrogens (primary N) is 1. The Hall–Kier alpha value is -0.120. The minimum Gasteiger partial charge on any atom is -0.327 e. The molecule has 0 heterocycles. The first-order chi connectivity index (χ1) is 9.74. The summed E-state index contributed by atoms with van der Waals surface area (Å²) in [6.45, 7) is 11.2. The Morgan fingerprint density at radius 3 is 1.90 bits per heavy atom. The molecular weight excluding hydrogens is 246 g/mol. The number of hydrogen-bond donors (Lipinski definition) is 3. The molecule has 0 aromatic heterocycles. The Morgan fingerprint density at radius 1 is 0.800 bits per heavy atom. The fraction of sp³-hybridized carbons (Fsp3) is 1.00. The third-order valence-electron chi connectivity index (χ3n) is 4.10. The molecule has 2 unspecified atom stereocenters. The quantitative estimate of drug-likeness (QED) is 0.405. The summed E-state index contributed by atoms with van der Waals surface area (Å²) in [4.78, 5) is 0. The monoisotopic (exact) mass is 285 g/mol. The van der Waals surface area contributed by atoms with Crippen molar-refractivity contribution in [3.8, 4) is 0 Å². The lowest BCUT2D eigenvalue weighted by Crippen LogP contribution is -2.33. The molecule has 3 nitrogen and oxygen atoms in total. The zero-order valence-electron chi connectivity index (χ0n) is 14.2. The Labute approximate surface area is 127 Å². The number of nitrogens with one attached hydrogen (secondary N) is 2. The van der Waals surface area contributed by atoms with E-state index in [1.165, 1.54) is 58.0 Å². The molecule has 20 heavy (non-hydrogen) atoms. The van der Waals surface area contributed by atoms with Gasteiger partial charge in [0.1, 0.15) is 0 Å². The average Bonchev–Trinajstić information content (AvgIpc) is 2.47. The molecule has 0 saturated heterocycles. The molecule has 4 N–H and O–H groups in total. The summed E-state index contributed by atoms with van der Waals surface area (Å²) in [6, 6.07) is 0.328.